The predicted octanol–water partition coefficient (Wildman–Crippen LogP) is 1.91. The Bertz CT molecular complexity index is 211. The lowest BCUT2D eigenvalue weighted by Gasteiger charge is -2.27. The van der Waals surface area contributed by atoms with E-state index in [9.17, 15) is 4.79 Å². The van der Waals surface area contributed by atoms with Crippen LogP contribution in [0.3, 0.4) is 0 Å². The molecule has 0 aliphatic heterocycles. The first kappa shape index (κ1) is 14.4. The van der Waals surface area contributed by atoms with Crippen LogP contribution in [-0.2, 0) is 4.79 Å². The lowest BCUT2D eigenvalue weighted by atomic mass is 9.80. The molecule has 0 aliphatic carbocycles. The number of amides is 1. The predicted molar refractivity (Wildman–Crippen MR) is 64.5 cm³/mol. The summed E-state index contributed by atoms with van der Waals surface area (Å²) < 4.78 is 0. The van der Waals surface area contributed by atoms with Gasteiger partial charge in [-0.15, -0.1) is 0 Å². The standard InChI is InChI=1S/C12H26N2O/c1-9(11(2,3)4)7-10(15)14-8-12(5,6)13/h9H,7-8,13H2,1-6H3,(H,14,15). The van der Waals surface area contributed by atoms with Crippen molar-refractivity contribution in [3.63, 3.8) is 0 Å². The minimum Gasteiger partial charge on any atom is -0.354 e. The van der Waals surface area contributed by atoms with Crippen LogP contribution in [0.5, 0.6) is 0 Å². The van der Waals surface area contributed by atoms with Gasteiger partial charge in [-0.25, -0.2) is 0 Å². The first-order valence-corrected chi connectivity index (χ1v) is 5.58. The average Bonchev–Trinajstić information content (AvgIpc) is 1.97. The minimum absolute atomic E-state index is 0.0935. The quantitative estimate of drug-likeness (QED) is 0.751. The Hall–Kier alpha value is -0.570. The highest BCUT2D eigenvalue weighted by Gasteiger charge is 2.23. The third-order valence-electron chi connectivity index (χ3n) is 2.71. The van der Waals surface area contributed by atoms with Gasteiger partial charge < -0.3 is 11.1 Å². The van der Waals surface area contributed by atoms with Crippen LogP contribution >= 0.6 is 0 Å². The van der Waals surface area contributed by atoms with Crippen LogP contribution < -0.4 is 11.1 Å². The average molecular weight is 214 g/mol. The molecule has 1 atom stereocenters. The molecule has 0 aliphatic rings. The van der Waals surface area contributed by atoms with Crippen molar-refractivity contribution in [2.45, 2.75) is 53.5 Å². The van der Waals surface area contributed by atoms with Gasteiger partial charge >= 0.3 is 0 Å². The van der Waals surface area contributed by atoms with Crippen LogP contribution in [0.15, 0.2) is 0 Å². The van der Waals surface area contributed by atoms with Gasteiger partial charge in [0.1, 0.15) is 0 Å². The summed E-state index contributed by atoms with van der Waals surface area (Å²) in [7, 11) is 0. The summed E-state index contributed by atoms with van der Waals surface area (Å²) in [5.41, 5.74) is 5.63. The van der Waals surface area contributed by atoms with E-state index in [0.29, 0.717) is 18.9 Å². The van der Waals surface area contributed by atoms with Gasteiger partial charge in [-0.05, 0) is 25.2 Å². The Morgan fingerprint density at radius 1 is 1.27 bits per heavy atom. The van der Waals surface area contributed by atoms with E-state index in [1.807, 2.05) is 13.8 Å². The fourth-order valence-electron chi connectivity index (χ4n) is 0.983. The molecule has 0 saturated carbocycles. The van der Waals surface area contributed by atoms with Crippen LogP contribution in [0, 0.1) is 11.3 Å². The number of carbonyl (C=O) groups is 1. The van der Waals surface area contributed by atoms with Crippen LogP contribution in [0.1, 0.15) is 48.0 Å². The second-order valence-corrected chi connectivity index (χ2v) is 6.24. The van der Waals surface area contributed by atoms with Crippen LogP contribution in [0.25, 0.3) is 0 Å². The molecule has 90 valence electrons. The number of carbonyl (C=O) groups excluding carboxylic acids is 1. The van der Waals surface area contributed by atoms with Crippen molar-refractivity contribution < 1.29 is 4.79 Å². The van der Waals surface area contributed by atoms with E-state index >= 15 is 0 Å². The molecular weight excluding hydrogens is 188 g/mol. The highest BCUT2D eigenvalue weighted by atomic mass is 16.1. The SMILES string of the molecule is CC(CC(=O)NCC(C)(C)N)C(C)(C)C. The Balaban J connectivity index is 3.96. The molecule has 0 bridgehead atoms. The summed E-state index contributed by atoms with van der Waals surface area (Å²) in [5.74, 6) is 0.467. The molecular formula is C12H26N2O. The van der Waals surface area contributed by atoms with Crippen LogP contribution in [0.4, 0.5) is 0 Å². The van der Waals surface area contributed by atoms with E-state index in [-0.39, 0.29) is 16.9 Å². The van der Waals surface area contributed by atoms with E-state index < -0.39 is 0 Å². The second-order valence-electron chi connectivity index (χ2n) is 6.24. The van der Waals surface area contributed by atoms with Crippen molar-refractivity contribution in [3.05, 3.63) is 0 Å². The molecule has 0 spiro atoms. The number of hydrogen-bond acceptors (Lipinski definition) is 2. The molecule has 3 nitrogen and oxygen atoms in total. The number of nitrogens with two attached hydrogens (primary N) is 1. The molecule has 1 unspecified atom stereocenters. The number of hydrogen-bond donors (Lipinski definition) is 2. The van der Waals surface area contributed by atoms with Crippen molar-refractivity contribution in [1.29, 1.82) is 0 Å². The van der Waals surface area contributed by atoms with Gasteiger partial charge in [-0.1, -0.05) is 27.7 Å². The van der Waals surface area contributed by atoms with Gasteiger partial charge in [0.05, 0.1) is 0 Å². The molecule has 3 N–H and O–H groups in total. The first-order valence-electron chi connectivity index (χ1n) is 5.58. The first-order chi connectivity index (χ1) is 6.52. The summed E-state index contributed by atoms with van der Waals surface area (Å²) in [6.07, 6.45) is 0.569. The zero-order chi connectivity index (χ0) is 12.3. The van der Waals surface area contributed by atoms with Gasteiger partial charge in [-0.2, -0.15) is 0 Å². The van der Waals surface area contributed by atoms with Crippen molar-refractivity contribution in [2.75, 3.05) is 6.54 Å². The second kappa shape index (κ2) is 4.97. The lowest BCUT2D eigenvalue weighted by Crippen LogP contribution is -2.45. The summed E-state index contributed by atoms with van der Waals surface area (Å²) in [6.45, 7) is 12.9. The Morgan fingerprint density at radius 2 is 1.73 bits per heavy atom. The fourth-order valence-corrected chi connectivity index (χ4v) is 0.983. The highest BCUT2D eigenvalue weighted by molar-refractivity contribution is 5.76. The molecule has 1 amide bonds. The molecule has 3 heteroatoms. The van der Waals surface area contributed by atoms with E-state index in [4.69, 9.17) is 5.73 Å². The molecule has 0 saturated heterocycles. The summed E-state index contributed by atoms with van der Waals surface area (Å²) in [6, 6.07) is 0. The van der Waals surface area contributed by atoms with Crippen molar-refractivity contribution in [1.82, 2.24) is 5.32 Å². The maximum Gasteiger partial charge on any atom is 0.220 e. The minimum atomic E-state index is -0.333. The third-order valence-corrected chi connectivity index (χ3v) is 2.71. The van der Waals surface area contributed by atoms with Gasteiger partial charge in [0, 0.05) is 18.5 Å². The zero-order valence-corrected chi connectivity index (χ0v) is 11.0. The number of rotatable bonds is 4. The lowest BCUT2D eigenvalue weighted by molar-refractivity contribution is -0.122. The molecule has 0 aromatic rings. The van der Waals surface area contributed by atoms with Gasteiger partial charge in [0.2, 0.25) is 5.91 Å². The normalized spacial score (nSPS) is 14.9. The van der Waals surface area contributed by atoms with E-state index in [2.05, 4.69) is 33.0 Å². The maximum absolute atomic E-state index is 11.6. The molecule has 0 aromatic carbocycles. The van der Waals surface area contributed by atoms with Gasteiger partial charge in [-0.3, -0.25) is 4.79 Å². The topological polar surface area (TPSA) is 55.1 Å². The molecule has 0 aromatic heterocycles. The monoisotopic (exact) mass is 214 g/mol. The summed E-state index contributed by atoms with van der Waals surface area (Å²) >= 11 is 0. The molecule has 0 radical (unpaired) electrons. The Morgan fingerprint density at radius 3 is 2.07 bits per heavy atom. The zero-order valence-electron chi connectivity index (χ0n) is 11.0. The van der Waals surface area contributed by atoms with Crippen molar-refractivity contribution in [2.24, 2.45) is 17.1 Å². The van der Waals surface area contributed by atoms with Crippen molar-refractivity contribution in [3.8, 4) is 0 Å². The largest absolute Gasteiger partial charge is 0.354 e. The molecule has 0 heterocycles. The summed E-state index contributed by atoms with van der Waals surface area (Å²) in [4.78, 5) is 11.6. The highest BCUT2D eigenvalue weighted by Crippen LogP contribution is 2.27. The molecule has 15 heavy (non-hydrogen) atoms. The van der Waals surface area contributed by atoms with Crippen LogP contribution in [-0.4, -0.2) is 18.0 Å². The van der Waals surface area contributed by atoms with Gasteiger partial charge in [0.15, 0.2) is 0 Å². The third kappa shape index (κ3) is 7.37. The Labute approximate surface area is 93.8 Å². The van der Waals surface area contributed by atoms with E-state index in [1.54, 1.807) is 0 Å². The smallest absolute Gasteiger partial charge is 0.220 e. The number of nitrogens with one attached hydrogen (secondary N) is 1. The van der Waals surface area contributed by atoms with Gasteiger partial charge in [0.25, 0.3) is 0 Å². The van der Waals surface area contributed by atoms with E-state index in [0.717, 1.165) is 0 Å². The van der Waals surface area contributed by atoms with Crippen LogP contribution in [0.2, 0.25) is 0 Å². The summed E-state index contributed by atoms with van der Waals surface area (Å²) in [5, 5.41) is 2.86. The van der Waals surface area contributed by atoms with E-state index in [1.165, 1.54) is 0 Å². The Kier molecular flexibility index (Phi) is 4.78. The molecule has 0 fully saturated rings. The maximum atomic E-state index is 11.6. The molecule has 0 rings (SSSR count). The van der Waals surface area contributed by atoms with Crippen molar-refractivity contribution >= 4 is 5.91 Å². The fraction of sp³-hybridized carbons (Fsp3) is 0.917.